The van der Waals surface area contributed by atoms with Gasteiger partial charge in [0, 0.05) is 5.88 Å². The molecule has 0 saturated heterocycles. The molecule has 0 heterocycles. The van der Waals surface area contributed by atoms with E-state index in [9.17, 15) is 22.4 Å². The Kier molecular flexibility index (Phi) is 7.08. The van der Waals surface area contributed by atoms with E-state index < -0.39 is 24.1 Å². The van der Waals surface area contributed by atoms with Crippen molar-refractivity contribution < 1.29 is 27.1 Å². The van der Waals surface area contributed by atoms with E-state index in [2.05, 4.69) is 10.1 Å². The number of nitrogens with one attached hydrogen (secondary N) is 1. The Bertz CT molecular complexity index is 1030. The summed E-state index contributed by atoms with van der Waals surface area (Å²) in [4.78, 5) is 12.5. The average Bonchev–Trinajstić information content (AvgIpc) is 2.71. The Hall–Kier alpha value is -2.77. The second-order valence-electron chi connectivity index (χ2n) is 6.47. The van der Waals surface area contributed by atoms with Crippen LogP contribution in [0.25, 0.3) is 11.1 Å². The number of ether oxygens (including phenoxy) is 1. The topological polar surface area (TPSA) is 38.3 Å². The number of halogens is 6. The molecule has 162 valence electrons. The molecule has 0 aliphatic rings. The molecule has 1 atom stereocenters. The van der Waals surface area contributed by atoms with Gasteiger partial charge >= 0.3 is 6.36 Å². The molecular formula is C22H15Cl2F4NO2. The van der Waals surface area contributed by atoms with E-state index in [4.69, 9.17) is 23.2 Å². The summed E-state index contributed by atoms with van der Waals surface area (Å²) >= 11 is 11.9. The third-order valence-corrected chi connectivity index (χ3v) is 5.01. The van der Waals surface area contributed by atoms with E-state index in [1.165, 1.54) is 36.4 Å². The van der Waals surface area contributed by atoms with Crippen molar-refractivity contribution in [2.45, 2.75) is 12.4 Å². The van der Waals surface area contributed by atoms with Crippen LogP contribution < -0.4 is 10.1 Å². The summed E-state index contributed by atoms with van der Waals surface area (Å²) in [5.41, 5.74) is 1.80. The fourth-order valence-corrected chi connectivity index (χ4v) is 3.42. The van der Waals surface area contributed by atoms with Crippen LogP contribution in [0, 0.1) is 5.82 Å². The zero-order valence-corrected chi connectivity index (χ0v) is 17.2. The number of carbonyl (C=O) groups excluding carboxylic acids is 1. The largest absolute Gasteiger partial charge is 0.573 e. The molecule has 3 aromatic carbocycles. The number of benzene rings is 3. The monoisotopic (exact) mass is 471 g/mol. The molecule has 0 aliphatic heterocycles. The predicted molar refractivity (Wildman–Crippen MR) is 111 cm³/mol. The van der Waals surface area contributed by atoms with Crippen LogP contribution in [-0.2, 0) is 0 Å². The van der Waals surface area contributed by atoms with Gasteiger partial charge in [-0.2, -0.15) is 0 Å². The van der Waals surface area contributed by atoms with E-state index in [0.29, 0.717) is 11.1 Å². The smallest absolute Gasteiger partial charge is 0.406 e. The number of alkyl halides is 4. The van der Waals surface area contributed by atoms with Gasteiger partial charge in [-0.15, -0.1) is 24.8 Å². The fourth-order valence-electron chi connectivity index (χ4n) is 2.91. The highest BCUT2D eigenvalue weighted by molar-refractivity contribution is 6.33. The van der Waals surface area contributed by atoms with Crippen LogP contribution in [0.3, 0.4) is 0 Å². The van der Waals surface area contributed by atoms with Gasteiger partial charge in [-0.1, -0.05) is 54.1 Å². The molecule has 9 heteroatoms. The van der Waals surface area contributed by atoms with Crippen molar-refractivity contribution in [2.24, 2.45) is 0 Å². The van der Waals surface area contributed by atoms with E-state index in [0.717, 1.165) is 11.6 Å². The second-order valence-corrected chi connectivity index (χ2v) is 7.19. The molecular weight excluding hydrogens is 457 g/mol. The zero-order valence-electron chi connectivity index (χ0n) is 15.7. The predicted octanol–water partition coefficient (Wildman–Crippen LogP) is 6.75. The first-order chi connectivity index (χ1) is 14.7. The Balaban J connectivity index is 1.74. The molecule has 0 spiro atoms. The fraction of sp³-hybridized carbons (Fsp3) is 0.136. The van der Waals surface area contributed by atoms with Crippen LogP contribution in [0.5, 0.6) is 5.75 Å². The van der Waals surface area contributed by atoms with Gasteiger partial charge in [0.1, 0.15) is 11.6 Å². The minimum Gasteiger partial charge on any atom is -0.406 e. The van der Waals surface area contributed by atoms with Gasteiger partial charge in [-0.05, 0) is 41.0 Å². The van der Waals surface area contributed by atoms with Crippen LogP contribution >= 0.6 is 23.2 Å². The molecule has 3 rings (SSSR count). The van der Waals surface area contributed by atoms with Crippen molar-refractivity contribution in [3.8, 4) is 16.9 Å². The maximum Gasteiger partial charge on any atom is 0.573 e. The molecule has 0 saturated carbocycles. The quantitative estimate of drug-likeness (QED) is 0.318. The standard InChI is InChI=1S/C22H15Cl2F4NO2/c23-12-19(29-21(30)20-17(24)2-1-3-18(20)25)15-6-4-13(5-7-15)14-8-10-16(11-9-14)31-22(26,27)28/h1-11,19H,12H2,(H,29,30). The Morgan fingerprint density at radius 2 is 1.55 bits per heavy atom. The Morgan fingerprint density at radius 1 is 0.968 bits per heavy atom. The van der Waals surface area contributed by atoms with Crippen LogP contribution in [0.1, 0.15) is 22.0 Å². The van der Waals surface area contributed by atoms with Crippen molar-refractivity contribution in [1.82, 2.24) is 5.32 Å². The van der Waals surface area contributed by atoms with Gasteiger partial charge in [0.25, 0.3) is 5.91 Å². The third-order valence-electron chi connectivity index (χ3n) is 4.38. The first-order valence-electron chi connectivity index (χ1n) is 8.95. The summed E-state index contributed by atoms with van der Waals surface area (Å²) in [5, 5.41) is 2.64. The lowest BCUT2D eigenvalue weighted by Gasteiger charge is -2.18. The second kappa shape index (κ2) is 9.58. The highest BCUT2D eigenvalue weighted by Crippen LogP contribution is 2.28. The molecule has 1 unspecified atom stereocenters. The molecule has 0 fully saturated rings. The van der Waals surface area contributed by atoms with Crippen molar-refractivity contribution in [1.29, 1.82) is 0 Å². The number of amides is 1. The molecule has 1 amide bonds. The van der Waals surface area contributed by atoms with E-state index in [-0.39, 0.29) is 22.2 Å². The van der Waals surface area contributed by atoms with E-state index in [1.54, 1.807) is 24.3 Å². The Labute approximate surface area is 185 Å². The van der Waals surface area contributed by atoms with Gasteiger partial charge in [0.2, 0.25) is 0 Å². The SMILES string of the molecule is O=C(NC(CCl)c1ccc(-c2ccc(OC(F)(F)F)cc2)cc1)c1c(F)cccc1Cl. The lowest BCUT2D eigenvalue weighted by molar-refractivity contribution is -0.274. The van der Waals surface area contributed by atoms with Gasteiger partial charge in [0.05, 0.1) is 16.6 Å². The lowest BCUT2D eigenvalue weighted by Crippen LogP contribution is -2.30. The van der Waals surface area contributed by atoms with Crippen molar-refractivity contribution in [3.63, 3.8) is 0 Å². The molecule has 1 N–H and O–H groups in total. The first kappa shape index (κ1) is 22.9. The summed E-state index contributed by atoms with van der Waals surface area (Å²) in [6.07, 6.45) is -4.75. The summed E-state index contributed by atoms with van der Waals surface area (Å²) < 4.78 is 54.6. The summed E-state index contributed by atoms with van der Waals surface area (Å²) in [6.45, 7) is 0. The van der Waals surface area contributed by atoms with Crippen LogP contribution in [0.15, 0.2) is 66.7 Å². The first-order valence-corrected chi connectivity index (χ1v) is 9.86. The molecule has 0 aromatic heterocycles. The maximum atomic E-state index is 14.0. The lowest BCUT2D eigenvalue weighted by atomic mass is 10.0. The zero-order chi connectivity index (χ0) is 22.6. The van der Waals surface area contributed by atoms with Crippen molar-refractivity contribution in [3.05, 3.63) is 88.7 Å². The van der Waals surface area contributed by atoms with Crippen molar-refractivity contribution >= 4 is 29.1 Å². The summed E-state index contributed by atoms with van der Waals surface area (Å²) in [6, 6.07) is 15.7. The number of carbonyl (C=O) groups is 1. The number of rotatable bonds is 6. The van der Waals surface area contributed by atoms with Crippen LogP contribution in [0.2, 0.25) is 5.02 Å². The highest BCUT2D eigenvalue weighted by atomic mass is 35.5. The molecule has 0 aliphatic carbocycles. The minimum absolute atomic E-state index is 0.0147. The van der Waals surface area contributed by atoms with Gasteiger partial charge in [0.15, 0.2) is 0 Å². The summed E-state index contributed by atoms with van der Waals surface area (Å²) in [7, 11) is 0. The van der Waals surface area contributed by atoms with Gasteiger partial charge in [-0.25, -0.2) is 4.39 Å². The Morgan fingerprint density at radius 3 is 2.06 bits per heavy atom. The molecule has 0 bridgehead atoms. The van der Waals surface area contributed by atoms with E-state index in [1.807, 2.05) is 0 Å². The van der Waals surface area contributed by atoms with Crippen LogP contribution in [-0.4, -0.2) is 18.1 Å². The van der Waals surface area contributed by atoms with Gasteiger partial charge < -0.3 is 10.1 Å². The number of hydrogen-bond donors (Lipinski definition) is 1. The normalized spacial score (nSPS) is 12.3. The summed E-state index contributed by atoms with van der Waals surface area (Å²) in [5.74, 6) is -1.73. The third kappa shape index (κ3) is 5.89. The average molecular weight is 472 g/mol. The number of hydrogen-bond acceptors (Lipinski definition) is 2. The molecule has 3 nitrogen and oxygen atoms in total. The molecule has 0 radical (unpaired) electrons. The van der Waals surface area contributed by atoms with Crippen LogP contribution in [0.4, 0.5) is 17.6 Å². The van der Waals surface area contributed by atoms with E-state index >= 15 is 0 Å². The minimum atomic E-state index is -4.75. The molecule has 3 aromatic rings. The van der Waals surface area contributed by atoms with Gasteiger partial charge in [-0.3, -0.25) is 4.79 Å². The van der Waals surface area contributed by atoms with Crippen molar-refractivity contribution in [2.75, 3.05) is 5.88 Å². The maximum absolute atomic E-state index is 14.0. The highest BCUT2D eigenvalue weighted by Gasteiger charge is 2.31. The molecule has 31 heavy (non-hydrogen) atoms.